The number of nitrogens with one attached hydrogen (secondary N) is 2. The third-order valence-corrected chi connectivity index (χ3v) is 2.07. The Bertz CT molecular complexity index is 280. The van der Waals surface area contributed by atoms with E-state index in [1.54, 1.807) is 0 Å². The fourth-order valence-electron chi connectivity index (χ4n) is 1.40. The third kappa shape index (κ3) is 4.20. The summed E-state index contributed by atoms with van der Waals surface area (Å²) in [5.41, 5.74) is 2.42. The van der Waals surface area contributed by atoms with Gasteiger partial charge in [-0.3, -0.25) is 5.10 Å². The van der Waals surface area contributed by atoms with Gasteiger partial charge in [-0.05, 0) is 0 Å². The molecule has 0 atom stereocenters. The van der Waals surface area contributed by atoms with Gasteiger partial charge in [-0.2, -0.15) is 5.10 Å². The van der Waals surface area contributed by atoms with Crippen molar-refractivity contribution in [3.05, 3.63) is 17.5 Å². The molecule has 88 valence electrons. The molecule has 0 fully saturated rings. The summed E-state index contributed by atoms with van der Waals surface area (Å²) in [6.45, 7) is 7.99. The van der Waals surface area contributed by atoms with Crippen molar-refractivity contribution < 1.29 is 5.11 Å². The number of hydrogen-bond donors (Lipinski definition) is 3. The lowest BCUT2D eigenvalue weighted by Crippen LogP contribution is -2.21. The Morgan fingerprint density at radius 3 is 2.67 bits per heavy atom. The number of rotatable bonds is 4. The fourth-order valence-corrected chi connectivity index (χ4v) is 1.40. The van der Waals surface area contributed by atoms with Crippen LogP contribution in [0.4, 0.5) is 0 Å². The van der Waals surface area contributed by atoms with Crippen LogP contribution in [0.3, 0.4) is 0 Å². The predicted molar refractivity (Wildman–Crippen MR) is 63.3 cm³/mol. The maximum absolute atomic E-state index is 8.64. The average molecular weight is 234 g/mol. The van der Waals surface area contributed by atoms with Crippen LogP contribution in [0.25, 0.3) is 0 Å². The summed E-state index contributed by atoms with van der Waals surface area (Å²) in [4.78, 5) is 0. The quantitative estimate of drug-likeness (QED) is 0.686. The van der Waals surface area contributed by atoms with E-state index in [1.165, 1.54) is 5.56 Å². The van der Waals surface area contributed by atoms with E-state index < -0.39 is 0 Å². The van der Waals surface area contributed by atoms with Crippen molar-refractivity contribution in [3.8, 4) is 0 Å². The topological polar surface area (TPSA) is 60.9 Å². The Kier molecular flexibility index (Phi) is 5.87. The Balaban J connectivity index is 0.00000196. The van der Waals surface area contributed by atoms with E-state index in [2.05, 4.69) is 36.3 Å². The summed E-state index contributed by atoms with van der Waals surface area (Å²) in [7, 11) is 0. The minimum Gasteiger partial charge on any atom is -0.395 e. The molecule has 1 aromatic rings. The molecule has 0 aromatic carbocycles. The molecule has 1 heterocycles. The highest BCUT2D eigenvalue weighted by molar-refractivity contribution is 5.85. The van der Waals surface area contributed by atoms with Gasteiger partial charge < -0.3 is 10.4 Å². The first-order valence-electron chi connectivity index (χ1n) is 4.90. The van der Waals surface area contributed by atoms with Crippen molar-refractivity contribution in [1.82, 2.24) is 15.5 Å². The third-order valence-electron chi connectivity index (χ3n) is 2.07. The molecule has 0 spiro atoms. The van der Waals surface area contributed by atoms with Crippen molar-refractivity contribution in [2.75, 3.05) is 13.2 Å². The Labute approximate surface area is 96.9 Å². The van der Waals surface area contributed by atoms with Gasteiger partial charge in [-0.25, -0.2) is 0 Å². The van der Waals surface area contributed by atoms with Gasteiger partial charge in [0.05, 0.1) is 12.8 Å². The number of aromatic amines is 1. The van der Waals surface area contributed by atoms with E-state index in [-0.39, 0.29) is 24.4 Å². The lowest BCUT2D eigenvalue weighted by molar-refractivity contribution is 0.292. The second-order valence-corrected chi connectivity index (χ2v) is 4.42. The molecule has 0 aliphatic heterocycles. The van der Waals surface area contributed by atoms with Crippen LogP contribution in [0, 0.1) is 0 Å². The number of aromatic nitrogens is 2. The van der Waals surface area contributed by atoms with Crippen molar-refractivity contribution in [1.29, 1.82) is 0 Å². The highest BCUT2D eigenvalue weighted by atomic mass is 35.5. The van der Waals surface area contributed by atoms with E-state index in [0.717, 1.165) is 12.2 Å². The van der Waals surface area contributed by atoms with Crippen molar-refractivity contribution >= 4 is 12.4 Å². The molecule has 0 unspecified atom stereocenters. The Morgan fingerprint density at radius 2 is 2.13 bits per heavy atom. The minimum absolute atomic E-state index is 0. The smallest absolute Gasteiger partial charge is 0.0556 e. The molecule has 1 aromatic heterocycles. The maximum Gasteiger partial charge on any atom is 0.0556 e. The fraction of sp³-hybridized carbons (Fsp3) is 0.700. The summed E-state index contributed by atoms with van der Waals surface area (Å²) >= 11 is 0. The zero-order chi connectivity index (χ0) is 10.6. The number of halogens is 1. The predicted octanol–water partition coefficient (Wildman–Crippen LogP) is 1.21. The summed E-state index contributed by atoms with van der Waals surface area (Å²) in [5.74, 6) is 0. The first-order chi connectivity index (χ1) is 6.55. The molecule has 0 aliphatic carbocycles. The summed E-state index contributed by atoms with van der Waals surface area (Å²) in [6.07, 6.45) is 1.84. The van der Waals surface area contributed by atoms with E-state index >= 15 is 0 Å². The molecule has 0 aliphatic rings. The summed E-state index contributed by atoms with van der Waals surface area (Å²) < 4.78 is 0. The van der Waals surface area contributed by atoms with Gasteiger partial charge in [0, 0.05) is 29.8 Å². The zero-order valence-electron chi connectivity index (χ0n) is 9.50. The first kappa shape index (κ1) is 14.4. The average Bonchev–Trinajstić information content (AvgIpc) is 2.52. The van der Waals surface area contributed by atoms with Crippen molar-refractivity contribution in [2.45, 2.75) is 32.7 Å². The van der Waals surface area contributed by atoms with Crippen LogP contribution < -0.4 is 5.32 Å². The highest BCUT2D eigenvalue weighted by Gasteiger charge is 2.19. The standard InChI is InChI=1S/C10H19N3O.ClH/c1-10(2,3)9-8(7-12-13-9)6-11-4-5-14;/h7,11,14H,4-6H2,1-3H3,(H,12,13);1H. The van der Waals surface area contributed by atoms with Crippen LogP contribution in [0.1, 0.15) is 32.0 Å². The second kappa shape index (κ2) is 6.10. The minimum atomic E-state index is 0. The molecule has 0 bridgehead atoms. The number of aliphatic hydroxyl groups is 1. The highest BCUT2D eigenvalue weighted by Crippen LogP contribution is 2.22. The van der Waals surface area contributed by atoms with E-state index in [9.17, 15) is 0 Å². The van der Waals surface area contributed by atoms with E-state index in [4.69, 9.17) is 5.11 Å². The molecule has 1 rings (SSSR count). The van der Waals surface area contributed by atoms with Gasteiger partial charge in [0.1, 0.15) is 0 Å². The van der Waals surface area contributed by atoms with Gasteiger partial charge >= 0.3 is 0 Å². The lowest BCUT2D eigenvalue weighted by Gasteiger charge is -2.18. The van der Waals surface area contributed by atoms with Crippen LogP contribution in [0.5, 0.6) is 0 Å². The normalized spacial score (nSPS) is 11.2. The van der Waals surface area contributed by atoms with Crippen LogP contribution in [-0.2, 0) is 12.0 Å². The molecule has 0 amide bonds. The molecule has 15 heavy (non-hydrogen) atoms. The molecular formula is C10H20ClN3O. The number of aliphatic hydroxyl groups excluding tert-OH is 1. The largest absolute Gasteiger partial charge is 0.395 e. The number of nitrogens with zero attached hydrogens (tertiary/aromatic N) is 1. The van der Waals surface area contributed by atoms with Gasteiger partial charge in [0.15, 0.2) is 0 Å². The number of H-pyrrole nitrogens is 1. The monoisotopic (exact) mass is 233 g/mol. The molecule has 3 N–H and O–H groups in total. The zero-order valence-corrected chi connectivity index (χ0v) is 10.3. The van der Waals surface area contributed by atoms with E-state index in [1.807, 2.05) is 6.20 Å². The molecule has 4 nitrogen and oxygen atoms in total. The number of hydrogen-bond acceptors (Lipinski definition) is 3. The lowest BCUT2D eigenvalue weighted by atomic mass is 9.89. The van der Waals surface area contributed by atoms with Crippen LogP contribution in [0.2, 0.25) is 0 Å². The second-order valence-electron chi connectivity index (χ2n) is 4.42. The molecule has 0 saturated carbocycles. The van der Waals surface area contributed by atoms with Crippen LogP contribution >= 0.6 is 12.4 Å². The molecule has 5 heteroatoms. The maximum atomic E-state index is 8.64. The van der Waals surface area contributed by atoms with Gasteiger partial charge in [-0.15, -0.1) is 12.4 Å². The van der Waals surface area contributed by atoms with Gasteiger partial charge in [0.25, 0.3) is 0 Å². The molecular weight excluding hydrogens is 214 g/mol. The SMILES string of the molecule is CC(C)(C)c1[nH]ncc1CNCCO.Cl. The Hall–Kier alpha value is -0.580. The van der Waals surface area contributed by atoms with Gasteiger partial charge in [0.2, 0.25) is 0 Å². The van der Waals surface area contributed by atoms with Crippen molar-refractivity contribution in [3.63, 3.8) is 0 Å². The summed E-state index contributed by atoms with van der Waals surface area (Å²) in [5, 5.41) is 18.8. The van der Waals surface area contributed by atoms with Crippen LogP contribution in [0.15, 0.2) is 6.20 Å². The van der Waals surface area contributed by atoms with E-state index in [0.29, 0.717) is 6.54 Å². The molecule has 0 radical (unpaired) electrons. The van der Waals surface area contributed by atoms with Gasteiger partial charge in [-0.1, -0.05) is 20.8 Å². The first-order valence-corrected chi connectivity index (χ1v) is 4.90. The summed E-state index contributed by atoms with van der Waals surface area (Å²) in [6, 6.07) is 0. The van der Waals surface area contributed by atoms with Crippen LogP contribution in [-0.4, -0.2) is 28.5 Å². The van der Waals surface area contributed by atoms with Crippen molar-refractivity contribution in [2.24, 2.45) is 0 Å². The Morgan fingerprint density at radius 1 is 1.47 bits per heavy atom. The molecule has 0 saturated heterocycles.